The first-order chi connectivity index (χ1) is 5.27. The van der Waals surface area contributed by atoms with Crippen LogP contribution in [0.3, 0.4) is 0 Å². The second-order valence-electron chi connectivity index (χ2n) is 2.60. The molecule has 1 N–H and O–H groups in total. The Kier molecular flexibility index (Phi) is 2.96. The van der Waals surface area contributed by atoms with Crippen molar-refractivity contribution in [1.82, 2.24) is 0 Å². The first-order valence-electron chi connectivity index (χ1n) is 3.49. The highest BCUT2D eigenvalue weighted by Crippen LogP contribution is 2.27. The number of anilines is 1. The number of nitrogens with one attached hydrogen (secondary N) is 1. The number of hydrogen-bond acceptors (Lipinski definition) is 1. The van der Waals surface area contributed by atoms with E-state index in [1.807, 2.05) is 6.07 Å². The first-order valence-corrected chi connectivity index (χ1v) is 4.28. The van der Waals surface area contributed by atoms with Crippen LogP contribution in [0.15, 0.2) is 16.6 Å². The van der Waals surface area contributed by atoms with Gasteiger partial charge in [0.15, 0.2) is 0 Å². The maximum Gasteiger partial charge on any atom is 0.139 e. The van der Waals surface area contributed by atoms with Crippen LogP contribution in [0.25, 0.3) is 0 Å². The summed E-state index contributed by atoms with van der Waals surface area (Å²) in [4.78, 5) is 0. The van der Waals surface area contributed by atoms with E-state index in [0.717, 1.165) is 18.7 Å². The third-order valence-corrected chi connectivity index (χ3v) is 2.46. The van der Waals surface area contributed by atoms with Gasteiger partial charge in [0.2, 0.25) is 0 Å². The standard InChI is InChI=1S/C8H7BrFN.ClH/c9-6-3-5-1-2-11-8(5)4-7(6)10;/h3-4,11H,1-2H2;1H. The third-order valence-electron chi connectivity index (χ3n) is 1.86. The lowest BCUT2D eigenvalue weighted by Gasteiger charge is -2.00. The van der Waals surface area contributed by atoms with E-state index in [1.54, 1.807) is 0 Å². The predicted octanol–water partition coefficient (Wildman–Crippen LogP) is 2.98. The molecule has 66 valence electrons. The molecule has 1 aromatic carbocycles. The van der Waals surface area contributed by atoms with Gasteiger partial charge in [-0.3, -0.25) is 0 Å². The summed E-state index contributed by atoms with van der Waals surface area (Å²) in [7, 11) is 0. The minimum atomic E-state index is -0.196. The molecular weight excluding hydrogens is 244 g/mol. The average molecular weight is 253 g/mol. The number of halogens is 3. The molecule has 4 heteroatoms. The lowest BCUT2D eigenvalue weighted by atomic mass is 10.2. The van der Waals surface area contributed by atoms with Crippen LogP contribution in [-0.4, -0.2) is 6.54 Å². The Hall–Kier alpha value is -0.280. The van der Waals surface area contributed by atoms with Crippen LogP contribution in [0, 0.1) is 5.82 Å². The maximum atomic E-state index is 12.9. The SMILES string of the molecule is Cl.Fc1cc2c(cc1Br)CCN2. The van der Waals surface area contributed by atoms with Gasteiger partial charge in [-0.1, -0.05) is 0 Å². The molecule has 1 nitrogen and oxygen atoms in total. The molecule has 0 saturated heterocycles. The summed E-state index contributed by atoms with van der Waals surface area (Å²) in [5, 5.41) is 3.11. The Morgan fingerprint density at radius 3 is 2.92 bits per heavy atom. The normalized spacial score (nSPS) is 13.2. The molecule has 0 spiro atoms. The second-order valence-corrected chi connectivity index (χ2v) is 3.45. The fourth-order valence-electron chi connectivity index (χ4n) is 1.29. The highest BCUT2D eigenvalue weighted by Gasteiger charge is 2.12. The van der Waals surface area contributed by atoms with Crippen molar-refractivity contribution in [3.63, 3.8) is 0 Å². The lowest BCUT2D eigenvalue weighted by molar-refractivity contribution is 0.621. The smallest absolute Gasteiger partial charge is 0.139 e. The van der Waals surface area contributed by atoms with Crippen molar-refractivity contribution in [2.75, 3.05) is 11.9 Å². The Labute approximate surface area is 84.9 Å². The van der Waals surface area contributed by atoms with Gasteiger partial charge in [0.05, 0.1) is 4.47 Å². The molecule has 0 saturated carbocycles. The van der Waals surface area contributed by atoms with E-state index in [0.29, 0.717) is 4.47 Å². The summed E-state index contributed by atoms with van der Waals surface area (Å²) in [5.41, 5.74) is 2.13. The predicted molar refractivity (Wildman–Crippen MR) is 53.5 cm³/mol. The first kappa shape index (κ1) is 9.81. The Balaban J connectivity index is 0.000000720. The van der Waals surface area contributed by atoms with E-state index >= 15 is 0 Å². The average Bonchev–Trinajstić information content (AvgIpc) is 2.36. The lowest BCUT2D eigenvalue weighted by Crippen LogP contribution is -1.91. The van der Waals surface area contributed by atoms with Gasteiger partial charge in [-0.2, -0.15) is 0 Å². The Bertz CT molecular complexity index is 274. The van der Waals surface area contributed by atoms with Crippen molar-refractivity contribution >= 4 is 34.0 Å². The minimum Gasteiger partial charge on any atom is -0.384 e. The number of hydrogen-bond donors (Lipinski definition) is 1. The molecule has 2 rings (SSSR count). The van der Waals surface area contributed by atoms with E-state index in [9.17, 15) is 4.39 Å². The molecule has 1 aromatic rings. The summed E-state index contributed by atoms with van der Waals surface area (Å²) < 4.78 is 13.4. The molecule has 1 aliphatic heterocycles. The van der Waals surface area contributed by atoms with Gasteiger partial charge in [-0.05, 0) is 40.0 Å². The van der Waals surface area contributed by atoms with Crippen molar-refractivity contribution < 1.29 is 4.39 Å². The second kappa shape index (κ2) is 3.62. The monoisotopic (exact) mass is 251 g/mol. The molecule has 0 aliphatic carbocycles. The Morgan fingerprint density at radius 1 is 1.42 bits per heavy atom. The molecule has 1 aliphatic rings. The van der Waals surface area contributed by atoms with Crippen molar-refractivity contribution in [2.45, 2.75) is 6.42 Å². The molecule has 0 bridgehead atoms. The van der Waals surface area contributed by atoms with Gasteiger partial charge in [0.25, 0.3) is 0 Å². The van der Waals surface area contributed by atoms with Gasteiger partial charge in [0, 0.05) is 12.2 Å². The van der Waals surface area contributed by atoms with Crippen molar-refractivity contribution in [3.8, 4) is 0 Å². The summed E-state index contributed by atoms with van der Waals surface area (Å²) in [6.07, 6.45) is 0.994. The summed E-state index contributed by atoms with van der Waals surface area (Å²) in [6.45, 7) is 0.922. The summed E-state index contributed by atoms with van der Waals surface area (Å²) in [5.74, 6) is -0.196. The third kappa shape index (κ3) is 1.57. The van der Waals surface area contributed by atoms with Crippen LogP contribution in [-0.2, 0) is 6.42 Å². The quantitative estimate of drug-likeness (QED) is 0.748. The number of benzene rings is 1. The van der Waals surface area contributed by atoms with Crippen molar-refractivity contribution in [1.29, 1.82) is 0 Å². The molecule has 0 amide bonds. The van der Waals surface area contributed by atoms with Crippen molar-refractivity contribution in [3.05, 3.63) is 28.0 Å². The molecule has 0 unspecified atom stereocenters. The van der Waals surface area contributed by atoms with Crippen LogP contribution in [0.2, 0.25) is 0 Å². The zero-order valence-corrected chi connectivity index (χ0v) is 8.64. The molecule has 0 aromatic heterocycles. The van der Waals surface area contributed by atoms with E-state index < -0.39 is 0 Å². The summed E-state index contributed by atoms with van der Waals surface area (Å²) >= 11 is 3.15. The number of rotatable bonds is 0. The molecule has 0 fully saturated rings. The zero-order valence-electron chi connectivity index (χ0n) is 6.23. The molecule has 12 heavy (non-hydrogen) atoms. The van der Waals surface area contributed by atoms with Crippen LogP contribution >= 0.6 is 28.3 Å². The number of fused-ring (bicyclic) bond motifs is 1. The maximum absolute atomic E-state index is 12.9. The van der Waals surface area contributed by atoms with Crippen molar-refractivity contribution in [2.24, 2.45) is 0 Å². The highest BCUT2D eigenvalue weighted by atomic mass is 79.9. The van der Waals surface area contributed by atoms with Crippen LogP contribution < -0.4 is 5.32 Å². The largest absolute Gasteiger partial charge is 0.384 e. The van der Waals surface area contributed by atoms with Gasteiger partial charge in [-0.15, -0.1) is 12.4 Å². The molecule has 0 atom stereocenters. The van der Waals surface area contributed by atoms with Crippen LogP contribution in [0.1, 0.15) is 5.56 Å². The van der Waals surface area contributed by atoms with Gasteiger partial charge in [-0.25, -0.2) is 4.39 Å². The van der Waals surface area contributed by atoms with E-state index in [-0.39, 0.29) is 18.2 Å². The van der Waals surface area contributed by atoms with E-state index in [2.05, 4.69) is 21.2 Å². The van der Waals surface area contributed by atoms with Crippen LogP contribution in [0.4, 0.5) is 10.1 Å². The fraction of sp³-hybridized carbons (Fsp3) is 0.250. The molecule has 1 heterocycles. The van der Waals surface area contributed by atoms with E-state index in [1.165, 1.54) is 11.6 Å². The summed E-state index contributed by atoms with van der Waals surface area (Å²) in [6, 6.07) is 3.37. The van der Waals surface area contributed by atoms with E-state index in [4.69, 9.17) is 0 Å². The zero-order chi connectivity index (χ0) is 7.84. The Morgan fingerprint density at radius 2 is 2.17 bits per heavy atom. The topological polar surface area (TPSA) is 12.0 Å². The highest BCUT2D eigenvalue weighted by molar-refractivity contribution is 9.10. The van der Waals surface area contributed by atoms with Crippen LogP contribution in [0.5, 0.6) is 0 Å². The van der Waals surface area contributed by atoms with Gasteiger partial charge >= 0.3 is 0 Å². The minimum absolute atomic E-state index is 0. The van der Waals surface area contributed by atoms with Gasteiger partial charge < -0.3 is 5.32 Å². The molecule has 0 radical (unpaired) electrons. The fourth-order valence-corrected chi connectivity index (χ4v) is 1.68. The van der Waals surface area contributed by atoms with Gasteiger partial charge in [0.1, 0.15) is 5.82 Å². The molecular formula is C8H8BrClFN.